The minimum atomic E-state index is 0.326. The molecule has 1 aliphatic heterocycles. The van der Waals surface area contributed by atoms with Crippen molar-refractivity contribution in [1.82, 2.24) is 14.9 Å². The number of unbranched alkanes of at least 4 members (excludes halogenated alkanes) is 1. The SMILES string of the molecule is CCCCN1CCN(c2cc(C3CC(N)C3)nc(N)n2)CC1. The van der Waals surface area contributed by atoms with Gasteiger partial charge in [0, 0.05) is 44.2 Å². The van der Waals surface area contributed by atoms with E-state index in [0.717, 1.165) is 50.5 Å². The van der Waals surface area contributed by atoms with Crippen molar-refractivity contribution in [2.45, 2.75) is 44.6 Å². The summed E-state index contributed by atoms with van der Waals surface area (Å²) in [6.07, 6.45) is 4.57. The zero-order valence-electron chi connectivity index (χ0n) is 13.5. The Morgan fingerprint density at radius 3 is 2.55 bits per heavy atom. The number of rotatable bonds is 5. The summed E-state index contributed by atoms with van der Waals surface area (Å²) in [6.45, 7) is 7.70. The molecular formula is C16H28N6. The lowest BCUT2D eigenvalue weighted by Gasteiger charge is -2.36. The van der Waals surface area contributed by atoms with Crippen molar-refractivity contribution in [1.29, 1.82) is 0 Å². The van der Waals surface area contributed by atoms with Crippen LogP contribution in [0.4, 0.5) is 11.8 Å². The van der Waals surface area contributed by atoms with E-state index in [-0.39, 0.29) is 0 Å². The molecule has 1 aromatic rings. The zero-order valence-corrected chi connectivity index (χ0v) is 13.5. The van der Waals surface area contributed by atoms with E-state index >= 15 is 0 Å². The number of aromatic nitrogens is 2. The van der Waals surface area contributed by atoms with Crippen molar-refractivity contribution in [2.24, 2.45) is 5.73 Å². The molecule has 2 aliphatic rings. The molecule has 0 radical (unpaired) electrons. The Balaban J connectivity index is 1.63. The Bertz CT molecular complexity index is 491. The van der Waals surface area contributed by atoms with Crippen LogP contribution in [-0.2, 0) is 0 Å². The third kappa shape index (κ3) is 3.50. The Morgan fingerprint density at radius 1 is 1.18 bits per heavy atom. The Kier molecular flexibility index (Phi) is 4.78. The van der Waals surface area contributed by atoms with Gasteiger partial charge in [-0.25, -0.2) is 4.98 Å². The summed E-state index contributed by atoms with van der Waals surface area (Å²) in [5.74, 6) is 1.84. The molecule has 1 aliphatic carbocycles. The van der Waals surface area contributed by atoms with Crippen LogP contribution >= 0.6 is 0 Å². The summed E-state index contributed by atoms with van der Waals surface area (Å²) in [6, 6.07) is 2.45. The summed E-state index contributed by atoms with van der Waals surface area (Å²) in [7, 11) is 0. The molecule has 0 amide bonds. The monoisotopic (exact) mass is 304 g/mol. The molecule has 22 heavy (non-hydrogen) atoms. The first kappa shape index (κ1) is 15.5. The maximum absolute atomic E-state index is 5.92. The van der Waals surface area contributed by atoms with Crippen LogP contribution in [0, 0.1) is 0 Å². The number of anilines is 2. The van der Waals surface area contributed by atoms with E-state index in [1.54, 1.807) is 0 Å². The molecule has 0 spiro atoms. The lowest BCUT2D eigenvalue weighted by Crippen LogP contribution is -2.47. The zero-order chi connectivity index (χ0) is 15.5. The highest BCUT2D eigenvalue weighted by Gasteiger charge is 2.29. The van der Waals surface area contributed by atoms with E-state index in [1.807, 2.05) is 0 Å². The van der Waals surface area contributed by atoms with Crippen LogP contribution in [0.25, 0.3) is 0 Å². The molecule has 2 heterocycles. The van der Waals surface area contributed by atoms with E-state index in [1.165, 1.54) is 19.4 Å². The van der Waals surface area contributed by atoms with E-state index in [9.17, 15) is 0 Å². The van der Waals surface area contributed by atoms with Gasteiger partial charge in [0.15, 0.2) is 0 Å². The highest BCUT2D eigenvalue weighted by atomic mass is 15.3. The number of piperazine rings is 1. The largest absolute Gasteiger partial charge is 0.368 e. The normalized spacial score (nSPS) is 26.0. The molecule has 1 saturated carbocycles. The molecule has 0 unspecified atom stereocenters. The van der Waals surface area contributed by atoms with Crippen LogP contribution < -0.4 is 16.4 Å². The predicted molar refractivity (Wildman–Crippen MR) is 90.0 cm³/mol. The molecule has 122 valence electrons. The number of hydrogen-bond acceptors (Lipinski definition) is 6. The van der Waals surface area contributed by atoms with Gasteiger partial charge in [0.2, 0.25) is 5.95 Å². The van der Waals surface area contributed by atoms with Gasteiger partial charge in [0.25, 0.3) is 0 Å². The van der Waals surface area contributed by atoms with Gasteiger partial charge in [-0.05, 0) is 25.8 Å². The number of hydrogen-bond donors (Lipinski definition) is 2. The molecule has 0 bridgehead atoms. The number of nitrogens with two attached hydrogens (primary N) is 2. The molecule has 6 heteroatoms. The van der Waals surface area contributed by atoms with Crippen LogP contribution in [0.15, 0.2) is 6.07 Å². The molecule has 1 aromatic heterocycles. The van der Waals surface area contributed by atoms with Gasteiger partial charge in [-0.2, -0.15) is 4.98 Å². The van der Waals surface area contributed by atoms with Crippen molar-refractivity contribution in [3.63, 3.8) is 0 Å². The molecular weight excluding hydrogens is 276 g/mol. The second-order valence-corrected chi connectivity index (χ2v) is 6.62. The van der Waals surface area contributed by atoms with E-state index in [2.05, 4.69) is 32.8 Å². The minimum absolute atomic E-state index is 0.326. The predicted octanol–water partition coefficient (Wildman–Crippen LogP) is 1.19. The van der Waals surface area contributed by atoms with Crippen LogP contribution in [0.3, 0.4) is 0 Å². The first-order valence-corrected chi connectivity index (χ1v) is 8.53. The summed E-state index contributed by atoms with van der Waals surface area (Å²) < 4.78 is 0. The molecule has 2 fully saturated rings. The summed E-state index contributed by atoms with van der Waals surface area (Å²) in [5, 5.41) is 0. The van der Waals surface area contributed by atoms with Crippen LogP contribution in [0.2, 0.25) is 0 Å². The first-order valence-electron chi connectivity index (χ1n) is 8.53. The standard InChI is InChI=1S/C16H28N6/c1-2-3-4-21-5-7-22(8-6-21)15-11-14(19-16(18)20-15)12-9-13(17)10-12/h11-13H,2-10,17H2,1H3,(H2,18,19,20). The van der Waals surface area contributed by atoms with Gasteiger partial charge >= 0.3 is 0 Å². The molecule has 0 atom stereocenters. The van der Waals surface area contributed by atoms with Gasteiger partial charge in [0.05, 0.1) is 5.69 Å². The Labute approximate surface area is 132 Å². The number of nitrogen functional groups attached to an aromatic ring is 1. The fourth-order valence-corrected chi connectivity index (χ4v) is 3.33. The smallest absolute Gasteiger partial charge is 0.222 e. The Morgan fingerprint density at radius 2 is 1.91 bits per heavy atom. The van der Waals surface area contributed by atoms with Crippen LogP contribution in [0.1, 0.15) is 44.2 Å². The highest BCUT2D eigenvalue weighted by Crippen LogP contribution is 2.35. The topological polar surface area (TPSA) is 84.3 Å². The average molecular weight is 304 g/mol. The second-order valence-electron chi connectivity index (χ2n) is 6.62. The molecule has 6 nitrogen and oxygen atoms in total. The Hall–Kier alpha value is -1.40. The molecule has 3 rings (SSSR count). The first-order chi connectivity index (χ1) is 10.7. The minimum Gasteiger partial charge on any atom is -0.368 e. The van der Waals surface area contributed by atoms with E-state index in [0.29, 0.717) is 17.9 Å². The molecule has 0 aromatic carbocycles. The summed E-state index contributed by atoms with van der Waals surface area (Å²) >= 11 is 0. The van der Waals surface area contributed by atoms with Crippen molar-refractivity contribution in [2.75, 3.05) is 43.4 Å². The summed E-state index contributed by atoms with van der Waals surface area (Å²) in [5.41, 5.74) is 12.9. The quantitative estimate of drug-likeness (QED) is 0.850. The van der Waals surface area contributed by atoms with E-state index in [4.69, 9.17) is 11.5 Å². The highest BCUT2D eigenvalue weighted by molar-refractivity contribution is 5.45. The third-order valence-electron chi connectivity index (χ3n) is 4.87. The fraction of sp³-hybridized carbons (Fsp3) is 0.750. The van der Waals surface area contributed by atoms with Crippen LogP contribution in [-0.4, -0.2) is 53.6 Å². The van der Waals surface area contributed by atoms with Gasteiger partial charge in [0.1, 0.15) is 5.82 Å². The van der Waals surface area contributed by atoms with Crippen molar-refractivity contribution < 1.29 is 0 Å². The third-order valence-corrected chi connectivity index (χ3v) is 4.87. The van der Waals surface area contributed by atoms with Gasteiger partial charge < -0.3 is 16.4 Å². The maximum Gasteiger partial charge on any atom is 0.222 e. The van der Waals surface area contributed by atoms with Gasteiger partial charge in [-0.15, -0.1) is 0 Å². The van der Waals surface area contributed by atoms with Crippen LogP contribution in [0.5, 0.6) is 0 Å². The van der Waals surface area contributed by atoms with Crippen molar-refractivity contribution >= 4 is 11.8 Å². The lowest BCUT2D eigenvalue weighted by atomic mass is 9.78. The fourth-order valence-electron chi connectivity index (χ4n) is 3.33. The maximum atomic E-state index is 5.92. The average Bonchev–Trinajstić information content (AvgIpc) is 2.49. The molecule has 1 saturated heterocycles. The lowest BCUT2D eigenvalue weighted by molar-refractivity contribution is 0.253. The summed E-state index contributed by atoms with van der Waals surface area (Å²) in [4.78, 5) is 13.7. The number of nitrogens with zero attached hydrogens (tertiary/aromatic N) is 4. The second kappa shape index (κ2) is 6.79. The molecule has 4 N–H and O–H groups in total. The van der Waals surface area contributed by atoms with E-state index < -0.39 is 0 Å². The van der Waals surface area contributed by atoms with Gasteiger partial charge in [-0.3, -0.25) is 4.90 Å². The van der Waals surface area contributed by atoms with Crippen molar-refractivity contribution in [3.05, 3.63) is 11.8 Å². The van der Waals surface area contributed by atoms with Gasteiger partial charge in [-0.1, -0.05) is 13.3 Å². The van der Waals surface area contributed by atoms with Crippen molar-refractivity contribution in [3.8, 4) is 0 Å².